The fraction of sp³-hybridized carbons (Fsp3) is 0.333. The predicted molar refractivity (Wildman–Crippen MR) is 88.2 cm³/mol. The van der Waals surface area contributed by atoms with E-state index in [9.17, 15) is 0 Å². The first kappa shape index (κ1) is 14.9. The van der Waals surface area contributed by atoms with Crippen LogP contribution in [0.1, 0.15) is 27.5 Å². The Morgan fingerprint density at radius 1 is 1.21 bits per heavy atom. The van der Waals surface area contributed by atoms with Crippen molar-refractivity contribution in [3.05, 3.63) is 56.7 Å². The summed E-state index contributed by atoms with van der Waals surface area (Å²) in [6.07, 6.45) is 0. The molecular weight excluding hydrogens is 294 g/mol. The van der Waals surface area contributed by atoms with Crippen molar-refractivity contribution in [2.45, 2.75) is 30.9 Å². The van der Waals surface area contributed by atoms with Gasteiger partial charge in [-0.3, -0.25) is 0 Å². The minimum atomic E-state index is 0.148. The van der Waals surface area contributed by atoms with Crippen molar-refractivity contribution < 1.29 is 0 Å². The molecule has 2 rings (SSSR count). The van der Waals surface area contributed by atoms with Gasteiger partial charge in [-0.1, -0.05) is 23.7 Å². The number of rotatable bonds is 5. The van der Waals surface area contributed by atoms with Gasteiger partial charge in [-0.05, 0) is 43.7 Å². The molecule has 1 aromatic heterocycles. The van der Waals surface area contributed by atoms with Crippen LogP contribution in [0.25, 0.3) is 0 Å². The highest BCUT2D eigenvalue weighted by Crippen LogP contribution is 2.37. The standard InChI is InChI=1S/C15H18ClNS2/c1-10-3-8-14(19-10)15(11(2)17)18-9-12-4-6-13(16)7-5-12/h3-8,11,15H,9,17H2,1-2H3. The Morgan fingerprint density at radius 2 is 1.89 bits per heavy atom. The van der Waals surface area contributed by atoms with Gasteiger partial charge in [-0.2, -0.15) is 0 Å². The molecule has 0 saturated heterocycles. The third-order valence-electron chi connectivity index (χ3n) is 2.86. The molecule has 0 saturated carbocycles. The quantitative estimate of drug-likeness (QED) is 0.838. The molecule has 0 bridgehead atoms. The summed E-state index contributed by atoms with van der Waals surface area (Å²) in [4.78, 5) is 2.71. The lowest BCUT2D eigenvalue weighted by Gasteiger charge is -2.19. The average molecular weight is 312 g/mol. The lowest BCUT2D eigenvalue weighted by Crippen LogP contribution is -2.22. The Morgan fingerprint density at radius 3 is 2.42 bits per heavy atom. The van der Waals surface area contributed by atoms with E-state index < -0.39 is 0 Å². The van der Waals surface area contributed by atoms with Gasteiger partial charge < -0.3 is 5.73 Å². The molecule has 2 aromatic rings. The fourth-order valence-electron chi connectivity index (χ4n) is 1.87. The summed E-state index contributed by atoms with van der Waals surface area (Å²) >= 11 is 9.64. The van der Waals surface area contributed by atoms with E-state index in [4.69, 9.17) is 17.3 Å². The Balaban J connectivity index is 2.03. The molecule has 0 spiro atoms. The molecule has 1 nitrogen and oxygen atoms in total. The van der Waals surface area contributed by atoms with Crippen LogP contribution in [0.5, 0.6) is 0 Å². The monoisotopic (exact) mass is 311 g/mol. The van der Waals surface area contributed by atoms with E-state index in [-0.39, 0.29) is 6.04 Å². The number of nitrogens with two attached hydrogens (primary N) is 1. The van der Waals surface area contributed by atoms with Crippen LogP contribution in [-0.2, 0) is 5.75 Å². The van der Waals surface area contributed by atoms with Gasteiger partial charge in [0.1, 0.15) is 0 Å². The van der Waals surface area contributed by atoms with Crippen molar-refractivity contribution in [1.29, 1.82) is 0 Å². The zero-order chi connectivity index (χ0) is 13.8. The van der Waals surface area contributed by atoms with E-state index in [1.165, 1.54) is 15.3 Å². The number of thioether (sulfide) groups is 1. The van der Waals surface area contributed by atoms with Gasteiger partial charge in [0.2, 0.25) is 0 Å². The van der Waals surface area contributed by atoms with Gasteiger partial charge in [-0.15, -0.1) is 23.1 Å². The number of thiophene rings is 1. The van der Waals surface area contributed by atoms with Crippen LogP contribution in [0.3, 0.4) is 0 Å². The predicted octanol–water partition coefficient (Wildman–Crippen LogP) is 5.03. The maximum absolute atomic E-state index is 6.13. The second-order valence-electron chi connectivity index (χ2n) is 4.67. The highest BCUT2D eigenvalue weighted by atomic mass is 35.5. The molecule has 19 heavy (non-hydrogen) atoms. The van der Waals surface area contributed by atoms with Crippen molar-refractivity contribution in [1.82, 2.24) is 0 Å². The smallest absolute Gasteiger partial charge is 0.0542 e. The summed E-state index contributed by atoms with van der Waals surface area (Å²) in [5, 5.41) is 1.14. The number of hydrogen-bond donors (Lipinski definition) is 1. The summed E-state index contributed by atoms with van der Waals surface area (Å²) in [6.45, 7) is 4.21. The first-order valence-corrected chi connectivity index (χ1v) is 8.48. The zero-order valence-electron chi connectivity index (χ0n) is 11.1. The Hall–Kier alpha value is -0.480. The normalized spacial score (nSPS) is 14.3. The second-order valence-corrected chi connectivity index (χ2v) is 7.55. The van der Waals surface area contributed by atoms with Crippen LogP contribution in [0, 0.1) is 6.92 Å². The second kappa shape index (κ2) is 6.80. The van der Waals surface area contributed by atoms with Gasteiger partial charge in [0, 0.05) is 26.6 Å². The van der Waals surface area contributed by atoms with Gasteiger partial charge in [0.25, 0.3) is 0 Å². The minimum absolute atomic E-state index is 0.148. The van der Waals surface area contributed by atoms with Crippen LogP contribution in [0.4, 0.5) is 0 Å². The van der Waals surface area contributed by atoms with E-state index in [0.717, 1.165) is 10.8 Å². The molecule has 0 aliphatic heterocycles. The van der Waals surface area contributed by atoms with E-state index in [1.807, 2.05) is 35.2 Å². The number of halogens is 1. The first-order valence-electron chi connectivity index (χ1n) is 6.24. The number of hydrogen-bond acceptors (Lipinski definition) is 3. The molecule has 1 aromatic carbocycles. The molecule has 1 heterocycles. The zero-order valence-corrected chi connectivity index (χ0v) is 13.5. The molecule has 2 unspecified atom stereocenters. The molecule has 2 atom stereocenters. The topological polar surface area (TPSA) is 26.0 Å². The molecule has 0 aliphatic carbocycles. The van der Waals surface area contributed by atoms with Gasteiger partial charge in [0.05, 0.1) is 5.25 Å². The molecule has 2 N–H and O–H groups in total. The summed E-state index contributed by atoms with van der Waals surface area (Å²) < 4.78 is 0. The van der Waals surface area contributed by atoms with Crippen LogP contribution in [-0.4, -0.2) is 6.04 Å². The SMILES string of the molecule is Cc1ccc(C(SCc2ccc(Cl)cc2)C(C)N)s1. The van der Waals surface area contributed by atoms with Crippen LogP contribution in [0.2, 0.25) is 5.02 Å². The van der Waals surface area contributed by atoms with E-state index in [1.54, 1.807) is 0 Å². The maximum Gasteiger partial charge on any atom is 0.0542 e. The van der Waals surface area contributed by atoms with Gasteiger partial charge in [0.15, 0.2) is 0 Å². The largest absolute Gasteiger partial charge is 0.327 e. The Bertz CT molecular complexity index is 519. The van der Waals surface area contributed by atoms with Crippen molar-refractivity contribution >= 4 is 34.7 Å². The lowest BCUT2D eigenvalue weighted by molar-refractivity contribution is 0.730. The van der Waals surface area contributed by atoms with E-state index >= 15 is 0 Å². The number of benzene rings is 1. The molecule has 102 valence electrons. The van der Waals surface area contributed by atoms with E-state index in [0.29, 0.717) is 5.25 Å². The van der Waals surface area contributed by atoms with E-state index in [2.05, 4.69) is 38.1 Å². The summed E-state index contributed by atoms with van der Waals surface area (Å²) in [6, 6.07) is 12.5. The van der Waals surface area contributed by atoms with Crippen molar-refractivity contribution in [2.24, 2.45) is 5.73 Å². The molecule has 0 radical (unpaired) electrons. The van der Waals surface area contributed by atoms with Crippen LogP contribution >= 0.6 is 34.7 Å². The average Bonchev–Trinajstić information content (AvgIpc) is 2.78. The Labute approximate surface area is 128 Å². The van der Waals surface area contributed by atoms with Crippen LogP contribution in [0.15, 0.2) is 36.4 Å². The first-order chi connectivity index (χ1) is 9.06. The molecule has 0 fully saturated rings. The van der Waals surface area contributed by atoms with Gasteiger partial charge >= 0.3 is 0 Å². The number of aryl methyl sites for hydroxylation is 1. The van der Waals surface area contributed by atoms with Gasteiger partial charge in [-0.25, -0.2) is 0 Å². The molecule has 0 aliphatic rings. The third-order valence-corrected chi connectivity index (χ3v) is 5.89. The van der Waals surface area contributed by atoms with Crippen LogP contribution < -0.4 is 5.73 Å². The van der Waals surface area contributed by atoms with Crippen molar-refractivity contribution in [2.75, 3.05) is 0 Å². The summed E-state index contributed by atoms with van der Waals surface area (Å²) in [7, 11) is 0. The highest BCUT2D eigenvalue weighted by molar-refractivity contribution is 7.98. The summed E-state index contributed by atoms with van der Waals surface area (Å²) in [5.74, 6) is 0.959. The molecule has 4 heteroatoms. The Kier molecular flexibility index (Phi) is 5.34. The highest BCUT2D eigenvalue weighted by Gasteiger charge is 2.18. The summed E-state index contributed by atoms with van der Waals surface area (Å²) in [5.41, 5.74) is 7.42. The lowest BCUT2D eigenvalue weighted by atomic mass is 10.2. The maximum atomic E-state index is 6.13. The molecular formula is C15H18ClNS2. The fourth-order valence-corrected chi connectivity index (χ4v) is 4.43. The van der Waals surface area contributed by atoms with Crippen molar-refractivity contribution in [3.8, 4) is 0 Å². The third kappa shape index (κ3) is 4.25. The van der Waals surface area contributed by atoms with Crippen molar-refractivity contribution in [3.63, 3.8) is 0 Å². The molecule has 0 amide bonds. The minimum Gasteiger partial charge on any atom is -0.327 e.